The lowest BCUT2D eigenvalue weighted by Gasteiger charge is -2.18. The fraction of sp³-hybridized carbons (Fsp3) is 0.737. The topological polar surface area (TPSA) is 78.9 Å². The van der Waals surface area contributed by atoms with E-state index in [-0.39, 0.29) is 31.1 Å². The van der Waals surface area contributed by atoms with Gasteiger partial charge in [-0.25, -0.2) is 0 Å². The van der Waals surface area contributed by atoms with Gasteiger partial charge in [-0.05, 0) is 89.9 Å². The normalized spacial score (nSPS) is 12.6. The van der Waals surface area contributed by atoms with Gasteiger partial charge >= 0.3 is 17.9 Å². The van der Waals surface area contributed by atoms with Crippen LogP contribution in [0.15, 0.2) is 72.9 Å². The molecule has 0 aliphatic heterocycles. The molecule has 0 aromatic carbocycles. The van der Waals surface area contributed by atoms with Crippen molar-refractivity contribution in [1.29, 1.82) is 0 Å². The molecule has 0 heterocycles. The molecule has 63 heavy (non-hydrogen) atoms. The van der Waals surface area contributed by atoms with E-state index < -0.39 is 6.10 Å². The summed E-state index contributed by atoms with van der Waals surface area (Å²) in [6.07, 6.45) is 64.5. The second-order valence-electron chi connectivity index (χ2n) is 17.4. The Balaban J connectivity index is 4.46. The van der Waals surface area contributed by atoms with Crippen molar-refractivity contribution in [3.05, 3.63) is 72.9 Å². The standard InChI is InChI=1S/C57H98O6/c1-4-7-10-13-16-19-22-25-28-31-34-37-40-43-46-49-55(58)61-52-54(63-57(60)51-48-45-42-39-36-33-30-27-24-21-18-15-12-9-6-3)53-62-56(59)50-47-44-41-38-35-32-29-26-23-20-17-14-11-8-5-2/h7,10,16-17,19-20,25-26,28-29,34,37,54H,4-6,8-9,11-15,18,21-24,27,30-33,35-36,38-53H2,1-3H3/b10-7-,19-16-,20-17-,28-25-,29-26-,37-34-/t54-/m1/s1. The van der Waals surface area contributed by atoms with Crippen molar-refractivity contribution in [3.63, 3.8) is 0 Å². The van der Waals surface area contributed by atoms with Gasteiger partial charge in [-0.2, -0.15) is 0 Å². The number of rotatable bonds is 47. The lowest BCUT2D eigenvalue weighted by atomic mass is 10.0. The van der Waals surface area contributed by atoms with E-state index in [1.807, 2.05) is 0 Å². The number of allylic oxidation sites excluding steroid dienone is 12. The first-order valence-electron chi connectivity index (χ1n) is 26.4. The zero-order valence-electron chi connectivity index (χ0n) is 41.3. The predicted molar refractivity (Wildman–Crippen MR) is 270 cm³/mol. The molecule has 0 aliphatic rings. The zero-order chi connectivity index (χ0) is 45.8. The highest BCUT2D eigenvalue weighted by atomic mass is 16.6. The van der Waals surface area contributed by atoms with Crippen LogP contribution in [0.1, 0.15) is 252 Å². The molecule has 1 atom stereocenters. The summed E-state index contributed by atoms with van der Waals surface area (Å²) in [4.78, 5) is 38.0. The first kappa shape index (κ1) is 59.9. The fourth-order valence-corrected chi connectivity index (χ4v) is 7.23. The summed E-state index contributed by atoms with van der Waals surface area (Å²) >= 11 is 0. The van der Waals surface area contributed by atoms with Crippen LogP contribution in [0.3, 0.4) is 0 Å². The first-order valence-corrected chi connectivity index (χ1v) is 26.4. The summed E-state index contributed by atoms with van der Waals surface area (Å²) in [5.74, 6) is -0.945. The Bertz CT molecular complexity index is 1190. The molecule has 0 spiro atoms. The van der Waals surface area contributed by atoms with Gasteiger partial charge in [0, 0.05) is 19.3 Å². The summed E-state index contributed by atoms with van der Waals surface area (Å²) in [5.41, 5.74) is 0. The molecule has 0 amide bonds. The summed E-state index contributed by atoms with van der Waals surface area (Å²) in [7, 11) is 0. The van der Waals surface area contributed by atoms with Crippen LogP contribution in [0.2, 0.25) is 0 Å². The van der Waals surface area contributed by atoms with E-state index in [4.69, 9.17) is 14.2 Å². The van der Waals surface area contributed by atoms with Crippen molar-refractivity contribution in [2.75, 3.05) is 13.2 Å². The Kier molecular flexibility index (Phi) is 48.9. The molecule has 6 nitrogen and oxygen atoms in total. The molecular weight excluding hydrogens is 781 g/mol. The molecule has 0 saturated heterocycles. The van der Waals surface area contributed by atoms with Crippen molar-refractivity contribution in [1.82, 2.24) is 0 Å². The fourth-order valence-electron chi connectivity index (χ4n) is 7.23. The van der Waals surface area contributed by atoms with E-state index in [1.54, 1.807) is 0 Å². The smallest absolute Gasteiger partial charge is 0.306 e. The summed E-state index contributed by atoms with van der Waals surface area (Å²) < 4.78 is 16.8. The second kappa shape index (κ2) is 51.5. The van der Waals surface area contributed by atoms with Gasteiger partial charge < -0.3 is 14.2 Å². The van der Waals surface area contributed by atoms with E-state index in [0.717, 1.165) is 109 Å². The van der Waals surface area contributed by atoms with Crippen molar-refractivity contribution in [2.24, 2.45) is 0 Å². The number of carbonyl (C=O) groups is 3. The number of ether oxygens (including phenoxy) is 3. The Morgan fingerprint density at radius 3 is 1.03 bits per heavy atom. The Labute approximate surface area is 389 Å². The molecule has 0 saturated carbocycles. The number of carbonyl (C=O) groups excluding carboxylic acids is 3. The SMILES string of the molecule is CC/C=C\C/C=C\C/C=C\C/C=C\CCCCC(=O)OC[C@H](COC(=O)CCCCCCC/C=C\C/C=C\CCCCC)OC(=O)CCCCCCCCCCCCCCCCC. The largest absolute Gasteiger partial charge is 0.462 e. The average Bonchev–Trinajstić information content (AvgIpc) is 3.28. The van der Waals surface area contributed by atoms with Gasteiger partial charge in [0.25, 0.3) is 0 Å². The Morgan fingerprint density at radius 2 is 0.619 bits per heavy atom. The van der Waals surface area contributed by atoms with Crippen LogP contribution in [0, 0.1) is 0 Å². The highest BCUT2D eigenvalue weighted by Crippen LogP contribution is 2.15. The Morgan fingerprint density at radius 1 is 0.333 bits per heavy atom. The zero-order valence-corrected chi connectivity index (χ0v) is 41.3. The van der Waals surface area contributed by atoms with Crippen molar-refractivity contribution in [3.8, 4) is 0 Å². The van der Waals surface area contributed by atoms with E-state index in [2.05, 4.69) is 93.7 Å². The molecule has 0 radical (unpaired) electrons. The molecule has 0 aliphatic carbocycles. The van der Waals surface area contributed by atoms with Gasteiger partial charge in [-0.3, -0.25) is 14.4 Å². The van der Waals surface area contributed by atoms with Crippen LogP contribution in [0.5, 0.6) is 0 Å². The minimum atomic E-state index is -0.796. The van der Waals surface area contributed by atoms with Gasteiger partial charge in [0.2, 0.25) is 0 Å². The summed E-state index contributed by atoms with van der Waals surface area (Å²) in [6.45, 7) is 6.46. The van der Waals surface area contributed by atoms with E-state index in [1.165, 1.54) is 103 Å². The lowest BCUT2D eigenvalue weighted by molar-refractivity contribution is -0.167. The van der Waals surface area contributed by atoms with Crippen LogP contribution in [0.25, 0.3) is 0 Å². The number of hydrogen-bond acceptors (Lipinski definition) is 6. The molecule has 362 valence electrons. The summed E-state index contributed by atoms with van der Waals surface area (Å²) in [6, 6.07) is 0. The highest BCUT2D eigenvalue weighted by molar-refractivity contribution is 5.71. The number of hydrogen-bond donors (Lipinski definition) is 0. The third-order valence-electron chi connectivity index (χ3n) is 11.2. The van der Waals surface area contributed by atoms with Crippen molar-refractivity contribution >= 4 is 17.9 Å². The van der Waals surface area contributed by atoms with Gasteiger partial charge in [0.1, 0.15) is 13.2 Å². The molecule has 0 aromatic rings. The second-order valence-corrected chi connectivity index (χ2v) is 17.4. The molecule has 0 bridgehead atoms. The van der Waals surface area contributed by atoms with E-state index in [0.29, 0.717) is 19.3 Å². The minimum Gasteiger partial charge on any atom is -0.462 e. The van der Waals surface area contributed by atoms with Gasteiger partial charge in [0.15, 0.2) is 6.10 Å². The third kappa shape index (κ3) is 49.7. The minimum absolute atomic E-state index is 0.0944. The van der Waals surface area contributed by atoms with Crippen LogP contribution in [-0.4, -0.2) is 37.2 Å². The predicted octanol–water partition coefficient (Wildman–Crippen LogP) is 17.4. The maximum absolute atomic E-state index is 12.8. The molecule has 0 rings (SSSR count). The van der Waals surface area contributed by atoms with Gasteiger partial charge in [0.05, 0.1) is 0 Å². The van der Waals surface area contributed by atoms with Gasteiger partial charge in [-0.1, -0.05) is 216 Å². The molecule has 0 fully saturated rings. The van der Waals surface area contributed by atoms with E-state index in [9.17, 15) is 14.4 Å². The molecular formula is C57H98O6. The summed E-state index contributed by atoms with van der Waals surface area (Å²) in [5, 5.41) is 0. The molecule has 0 N–H and O–H groups in total. The van der Waals surface area contributed by atoms with Crippen molar-refractivity contribution in [2.45, 2.75) is 258 Å². The van der Waals surface area contributed by atoms with Crippen LogP contribution >= 0.6 is 0 Å². The van der Waals surface area contributed by atoms with E-state index >= 15 is 0 Å². The quantitative estimate of drug-likeness (QED) is 0.0262. The maximum atomic E-state index is 12.8. The van der Waals surface area contributed by atoms with Crippen LogP contribution < -0.4 is 0 Å². The molecule has 0 aromatic heterocycles. The third-order valence-corrected chi connectivity index (χ3v) is 11.2. The molecule has 6 heteroatoms. The number of unbranched alkanes of at least 4 members (excludes halogenated alkanes) is 24. The van der Waals surface area contributed by atoms with Crippen molar-refractivity contribution < 1.29 is 28.6 Å². The first-order chi connectivity index (χ1) is 31.0. The monoisotopic (exact) mass is 879 g/mol. The molecule has 0 unspecified atom stereocenters. The average molecular weight is 879 g/mol. The number of esters is 3. The maximum Gasteiger partial charge on any atom is 0.306 e. The Hall–Kier alpha value is -3.15. The van der Waals surface area contributed by atoms with Gasteiger partial charge in [-0.15, -0.1) is 0 Å². The highest BCUT2D eigenvalue weighted by Gasteiger charge is 2.19. The van der Waals surface area contributed by atoms with Crippen LogP contribution in [-0.2, 0) is 28.6 Å². The van der Waals surface area contributed by atoms with Crippen LogP contribution in [0.4, 0.5) is 0 Å². The lowest BCUT2D eigenvalue weighted by Crippen LogP contribution is -2.30.